The van der Waals surface area contributed by atoms with Gasteiger partial charge in [0.2, 0.25) is 0 Å². The van der Waals surface area contributed by atoms with Crippen molar-refractivity contribution >= 4 is 11.7 Å². The quantitative estimate of drug-likeness (QED) is 0.465. The molecular weight excluding hydrogens is 393 g/mol. The highest BCUT2D eigenvalue weighted by atomic mass is 19.1. The van der Waals surface area contributed by atoms with Crippen LogP contribution in [-0.4, -0.2) is 21.6 Å². The summed E-state index contributed by atoms with van der Waals surface area (Å²) in [5, 5.41) is 2.87. The largest absolute Gasteiger partial charge is 0.481 e. The number of amides is 1. The number of nitrogens with one attached hydrogen (secondary N) is 1. The van der Waals surface area contributed by atoms with E-state index in [0.29, 0.717) is 22.8 Å². The highest BCUT2D eigenvalue weighted by Gasteiger charge is 2.19. The fourth-order valence-corrected chi connectivity index (χ4v) is 3.23. The number of hydrogen-bond donors (Lipinski definition) is 1. The Hall–Kier alpha value is -3.93. The van der Waals surface area contributed by atoms with Crippen LogP contribution in [-0.2, 0) is 11.8 Å². The molecule has 31 heavy (non-hydrogen) atoms. The Morgan fingerprint density at radius 1 is 0.935 bits per heavy atom. The number of rotatable bonds is 6. The van der Waals surface area contributed by atoms with E-state index in [4.69, 9.17) is 4.74 Å². The van der Waals surface area contributed by atoms with Gasteiger partial charge in [-0.15, -0.1) is 0 Å². The number of hydrogen-bond acceptors (Lipinski definition) is 3. The maximum atomic E-state index is 13.2. The number of benzene rings is 3. The van der Waals surface area contributed by atoms with Crippen molar-refractivity contribution in [2.45, 2.75) is 13.0 Å². The second-order valence-electron chi connectivity index (χ2n) is 7.20. The SMILES string of the molecule is CC(Oc1ccc(-c2ccccc2)cc1)C(=O)Nc1c(-c2ccc(F)cc2)ncn1C. The first-order valence-corrected chi connectivity index (χ1v) is 9.91. The summed E-state index contributed by atoms with van der Waals surface area (Å²) in [7, 11) is 1.78. The van der Waals surface area contributed by atoms with Crippen LogP contribution in [0.2, 0.25) is 0 Å². The third kappa shape index (κ3) is 4.64. The Kier molecular flexibility index (Phi) is 5.80. The highest BCUT2D eigenvalue weighted by molar-refractivity contribution is 5.96. The van der Waals surface area contributed by atoms with Crippen LogP contribution in [0.1, 0.15) is 6.92 Å². The van der Waals surface area contributed by atoms with Crippen molar-refractivity contribution in [2.24, 2.45) is 7.05 Å². The van der Waals surface area contributed by atoms with Gasteiger partial charge in [-0.1, -0.05) is 42.5 Å². The van der Waals surface area contributed by atoms with Gasteiger partial charge in [0.25, 0.3) is 5.91 Å². The molecule has 0 saturated carbocycles. The van der Waals surface area contributed by atoms with E-state index in [1.165, 1.54) is 12.1 Å². The van der Waals surface area contributed by atoms with Crippen molar-refractivity contribution in [3.63, 3.8) is 0 Å². The van der Waals surface area contributed by atoms with Crippen LogP contribution < -0.4 is 10.1 Å². The third-order valence-electron chi connectivity index (χ3n) is 4.94. The molecule has 4 aromatic rings. The second kappa shape index (κ2) is 8.83. The molecule has 0 saturated heterocycles. The summed E-state index contributed by atoms with van der Waals surface area (Å²) in [6.07, 6.45) is 0.876. The number of aromatic nitrogens is 2. The summed E-state index contributed by atoms with van der Waals surface area (Å²) in [5.41, 5.74) is 3.46. The minimum absolute atomic E-state index is 0.306. The first-order valence-electron chi connectivity index (χ1n) is 9.91. The first-order chi connectivity index (χ1) is 15.0. The van der Waals surface area contributed by atoms with E-state index in [-0.39, 0.29) is 11.7 Å². The van der Waals surface area contributed by atoms with Gasteiger partial charge in [0.1, 0.15) is 23.1 Å². The van der Waals surface area contributed by atoms with E-state index in [0.717, 1.165) is 11.1 Å². The standard InChI is InChI=1S/C25H22FN3O2/c1-17(31-22-14-10-19(11-15-22)18-6-4-3-5-7-18)25(30)28-24-23(27-16-29(24)2)20-8-12-21(26)13-9-20/h3-17H,1-2H3,(H,28,30). The minimum Gasteiger partial charge on any atom is -0.481 e. The molecule has 0 bridgehead atoms. The second-order valence-corrected chi connectivity index (χ2v) is 7.20. The molecule has 1 N–H and O–H groups in total. The lowest BCUT2D eigenvalue weighted by Crippen LogP contribution is -2.31. The predicted molar refractivity (Wildman–Crippen MR) is 119 cm³/mol. The summed E-state index contributed by atoms with van der Waals surface area (Å²) >= 11 is 0. The Balaban J connectivity index is 1.45. The predicted octanol–water partition coefficient (Wildman–Crippen LogP) is 5.30. The van der Waals surface area contributed by atoms with E-state index in [1.54, 1.807) is 37.0 Å². The molecule has 0 aliphatic heterocycles. The monoisotopic (exact) mass is 415 g/mol. The molecule has 1 atom stereocenters. The van der Waals surface area contributed by atoms with Gasteiger partial charge in [-0.2, -0.15) is 0 Å². The molecule has 1 unspecified atom stereocenters. The van der Waals surface area contributed by atoms with Gasteiger partial charge in [-0.25, -0.2) is 9.37 Å². The van der Waals surface area contributed by atoms with Crippen LogP contribution >= 0.6 is 0 Å². The van der Waals surface area contributed by atoms with E-state index in [1.807, 2.05) is 54.6 Å². The number of carbonyl (C=O) groups excluding carboxylic acids is 1. The molecular formula is C25H22FN3O2. The lowest BCUT2D eigenvalue weighted by atomic mass is 10.1. The lowest BCUT2D eigenvalue weighted by Gasteiger charge is -2.16. The normalized spacial score (nSPS) is 11.7. The van der Waals surface area contributed by atoms with Gasteiger partial charge in [-0.05, 0) is 54.4 Å². The zero-order chi connectivity index (χ0) is 21.8. The molecule has 0 fully saturated rings. The fraction of sp³-hybridized carbons (Fsp3) is 0.120. The lowest BCUT2D eigenvalue weighted by molar-refractivity contribution is -0.122. The molecule has 4 rings (SSSR count). The molecule has 156 valence electrons. The van der Waals surface area contributed by atoms with Crippen LogP contribution in [0.5, 0.6) is 5.75 Å². The van der Waals surface area contributed by atoms with Gasteiger partial charge < -0.3 is 14.6 Å². The van der Waals surface area contributed by atoms with Crippen molar-refractivity contribution in [2.75, 3.05) is 5.32 Å². The van der Waals surface area contributed by atoms with Crippen molar-refractivity contribution in [3.05, 3.63) is 91.0 Å². The molecule has 0 aliphatic rings. The van der Waals surface area contributed by atoms with Gasteiger partial charge in [-0.3, -0.25) is 4.79 Å². The first kappa shape index (κ1) is 20.3. The Morgan fingerprint density at radius 2 is 1.55 bits per heavy atom. The van der Waals surface area contributed by atoms with Crippen molar-refractivity contribution in [1.82, 2.24) is 9.55 Å². The van der Waals surface area contributed by atoms with Crippen molar-refractivity contribution < 1.29 is 13.9 Å². The molecule has 0 spiro atoms. The summed E-state index contributed by atoms with van der Waals surface area (Å²) in [6, 6.07) is 23.6. The zero-order valence-corrected chi connectivity index (χ0v) is 17.2. The number of nitrogens with zero attached hydrogens (tertiary/aromatic N) is 2. The molecule has 0 radical (unpaired) electrons. The summed E-state index contributed by atoms with van der Waals surface area (Å²) < 4.78 is 20.8. The zero-order valence-electron chi connectivity index (χ0n) is 17.2. The molecule has 3 aromatic carbocycles. The molecule has 0 aliphatic carbocycles. The Bertz CT molecular complexity index is 1170. The number of aryl methyl sites for hydroxylation is 1. The smallest absolute Gasteiger partial charge is 0.266 e. The van der Waals surface area contributed by atoms with Crippen LogP contribution in [0.15, 0.2) is 85.2 Å². The number of anilines is 1. The number of halogens is 1. The molecule has 6 heteroatoms. The van der Waals surface area contributed by atoms with Crippen molar-refractivity contribution in [1.29, 1.82) is 0 Å². The Labute approximate surface area is 180 Å². The van der Waals surface area contributed by atoms with Gasteiger partial charge >= 0.3 is 0 Å². The molecule has 1 aromatic heterocycles. The summed E-state index contributed by atoms with van der Waals surface area (Å²) in [4.78, 5) is 17.1. The third-order valence-corrected chi connectivity index (χ3v) is 4.94. The van der Waals surface area contributed by atoms with Crippen LogP contribution in [0, 0.1) is 5.82 Å². The van der Waals surface area contributed by atoms with E-state index >= 15 is 0 Å². The number of imidazole rings is 1. The average molecular weight is 415 g/mol. The van der Waals surface area contributed by atoms with E-state index in [9.17, 15) is 9.18 Å². The van der Waals surface area contributed by atoms with Crippen LogP contribution in [0.25, 0.3) is 22.4 Å². The fourth-order valence-electron chi connectivity index (χ4n) is 3.23. The molecule has 5 nitrogen and oxygen atoms in total. The summed E-state index contributed by atoms with van der Waals surface area (Å²) in [6.45, 7) is 1.69. The minimum atomic E-state index is -0.724. The summed E-state index contributed by atoms with van der Waals surface area (Å²) in [5.74, 6) is 0.488. The Morgan fingerprint density at radius 3 is 2.23 bits per heavy atom. The average Bonchev–Trinajstić information content (AvgIpc) is 3.15. The molecule has 1 heterocycles. The van der Waals surface area contributed by atoms with Crippen molar-refractivity contribution in [3.8, 4) is 28.1 Å². The maximum Gasteiger partial charge on any atom is 0.266 e. The number of ether oxygens (including phenoxy) is 1. The topological polar surface area (TPSA) is 56.1 Å². The van der Waals surface area contributed by atoms with Gasteiger partial charge in [0.05, 0.1) is 6.33 Å². The van der Waals surface area contributed by atoms with Gasteiger partial charge in [0.15, 0.2) is 6.10 Å². The van der Waals surface area contributed by atoms with Crippen LogP contribution in [0.3, 0.4) is 0 Å². The van der Waals surface area contributed by atoms with E-state index < -0.39 is 6.10 Å². The van der Waals surface area contributed by atoms with E-state index in [2.05, 4.69) is 10.3 Å². The molecule has 1 amide bonds. The van der Waals surface area contributed by atoms with Crippen LogP contribution in [0.4, 0.5) is 10.2 Å². The number of carbonyl (C=O) groups is 1. The van der Waals surface area contributed by atoms with Gasteiger partial charge in [0, 0.05) is 12.6 Å². The maximum absolute atomic E-state index is 13.2. The highest BCUT2D eigenvalue weighted by Crippen LogP contribution is 2.27.